The Morgan fingerprint density at radius 3 is 2.33 bits per heavy atom. The number of rotatable bonds is 4. The summed E-state index contributed by atoms with van der Waals surface area (Å²) in [5.41, 5.74) is 0.303. The number of halogens is 1. The first-order valence-corrected chi connectivity index (χ1v) is 4.06. The van der Waals surface area contributed by atoms with Crippen molar-refractivity contribution in [1.29, 1.82) is 0 Å². The summed E-state index contributed by atoms with van der Waals surface area (Å²) in [5.74, 6) is -0.478. The fourth-order valence-corrected chi connectivity index (χ4v) is 0.798. The van der Waals surface area contributed by atoms with Gasteiger partial charge in [0.25, 0.3) is 0 Å². The molecule has 0 rings (SSSR count). The van der Waals surface area contributed by atoms with Crippen LogP contribution in [0.4, 0.5) is 0 Å². The Morgan fingerprint density at radius 1 is 1.42 bits per heavy atom. The smallest absolute Gasteiger partial charge is 0.334 e. The molecule has 0 unspecified atom stereocenters. The van der Waals surface area contributed by atoms with Crippen LogP contribution >= 0.6 is 11.6 Å². The second-order valence-corrected chi connectivity index (χ2v) is 2.42. The van der Waals surface area contributed by atoms with E-state index < -0.39 is 11.2 Å². The molecule has 0 aliphatic carbocycles. The standard InChI is InChI=1S/C8H11ClO3/c1-3-6(5-7(9)10)8(11)12-4-2/h5H,3-4H2,1-2H3/b6-5+. The fraction of sp³-hybridized carbons (Fsp3) is 0.500. The molecule has 0 saturated carbocycles. The molecule has 0 aromatic heterocycles. The van der Waals surface area contributed by atoms with Crippen LogP contribution in [0, 0.1) is 0 Å². The summed E-state index contributed by atoms with van der Waals surface area (Å²) in [5, 5.41) is -0.653. The van der Waals surface area contributed by atoms with Gasteiger partial charge in [0.2, 0.25) is 5.24 Å². The first kappa shape index (κ1) is 11.2. The van der Waals surface area contributed by atoms with E-state index >= 15 is 0 Å². The number of carbonyl (C=O) groups excluding carboxylic acids is 2. The SMILES string of the molecule is CCOC(=O)/C(=C/C(=O)Cl)CC. The zero-order valence-electron chi connectivity index (χ0n) is 7.09. The van der Waals surface area contributed by atoms with Crippen molar-refractivity contribution in [3.63, 3.8) is 0 Å². The van der Waals surface area contributed by atoms with Crippen molar-refractivity contribution in [3.8, 4) is 0 Å². The van der Waals surface area contributed by atoms with Gasteiger partial charge in [0.15, 0.2) is 0 Å². The van der Waals surface area contributed by atoms with Crippen molar-refractivity contribution in [2.45, 2.75) is 20.3 Å². The van der Waals surface area contributed by atoms with Gasteiger partial charge < -0.3 is 4.74 Å². The zero-order valence-corrected chi connectivity index (χ0v) is 7.85. The maximum Gasteiger partial charge on any atom is 0.334 e. The van der Waals surface area contributed by atoms with Gasteiger partial charge in [-0.2, -0.15) is 0 Å². The molecule has 0 heterocycles. The normalized spacial score (nSPS) is 11.1. The van der Waals surface area contributed by atoms with Gasteiger partial charge in [-0.1, -0.05) is 6.92 Å². The number of hydrogen-bond acceptors (Lipinski definition) is 3. The van der Waals surface area contributed by atoms with E-state index in [0.717, 1.165) is 6.08 Å². The number of allylic oxidation sites excluding steroid dienone is 1. The third-order valence-corrected chi connectivity index (χ3v) is 1.32. The number of esters is 1. The van der Waals surface area contributed by atoms with Crippen molar-refractivity contribution >= 4 is 22.8 Å². The lowest BCUT2D eigenvalue weighted by molar-refractivity contribution is -0.138. The van der Waals surface area contributed by atoms with E-state index in [9.17, 15) is 9.59 Å². The van der Waals surface area contributed by atoms with Crippen LogP contribution in [0.15, 0.2) is 11.6 Å². The molecule has 3 nitrogen and oxygen atoms in total. The first-order chi connectivity index (χ1) is 5.61. The second kappa shape index (κ2) is 5.77. The third kappa shape index (κ3) is 4.13. The van der Waals surface area contributed by atoms with Crippen molar-refractivity contribution in [2.24, 2.45) is 0 Å². The number of carbonyl (C=O) groups is 2. The monoisotopic (exact) mass is 190 g/mol. The lowest BCUT2D eigenvalue weighted by Crippen LogP contribution is -2.07. The van der Waals surface area contributed by atoms with Crippen LogP contribution in [0.3, 0.4) is 0 Å². The van der Waals surface area contributed by atoms with Gasteiger partial charge in [0, 0.05) is 11.6 Å². The maximum absolute atomic E-state index is 11.0. The highest BCUT2D eigenvalue weighted by molar-refractivity contribution is 6.66. The summed E-state index contributed by atoms with van der Waals surface area (Å²) < 4.78 is 4.68. The summed E-state index contributed by atoms with van der Waals surface area (Å²) in [6.45, 7) is 3.75. The van der Waals surface area contributed by atoms with Crippen LogP contribution < -0.4 is 0 Å². The predicted molar refractivity (Wildman–Crippen MR) is 45.9 cm³/mol. The average molecular weight is 191 g/mol. The minimum Gasteiger partial charge on any atom is -0.463 e. The van der Waals surface area contributed by atoms with Gasteiger partial charge in [0.05, 0.1) is 6.61 Å². The molecule has 12 heavy (non-hydrogen) atoms. The van der Waals surface area contributed by atoms with E-state index in [1.54, 1.807) is 13.8 Å². The van der Waals surface area contributed by atoms with Gasteiger partial charge in [-0.25, -0.2) is 4.79 Å². The second-order valence-electron chi connectivity index (χ2n) is 2.05. The van der Waals surface area contributed by atoms with Crippen molar-refractivity contribution in [2.75, 3.05) is 6.61 Å². The van der Waals surface area contributed by atoms with Crippen molar-refractivity contribution in [1.82, 2.24) is 0 Å². The van der Waals surface area contributed by atoms with Crippen LogP contribution in [0.25, 0.3) is 0 Å². The first-order valence-electron chi connectivity index (χ1n) is 3.69. The summed E-state index contributed by atoms with van der Waals surface area (Å²) >= 11 is 5.07. The molecule has 0 saturated heterocycles. The van der Waals surface area contributed by atoms with Crippen LogP contribution in [0.1, 0.15) is 20.3 Å². The molecule has 68 valence electrons. The molecule has 0 N–H and O–H groups in total. The van der Waals surface area contributed by atoms with Gasteiger partial charge in [-0.05, 0) is 24.9 Å². The van der Waals surface area contributed by atoms with Gasteiger partial charge in [-0.3, -0.25) is 4.79 Å². The molecule has 0 aliphatic rings. The minimum absolute atomic E-state index is 0.298. The van der Waals surface area contributed by atoms with E-state index in [2.05, 4.69) is 4.74 Å². The quantitative estimate of drug-likeness (QED) is 0.385. The third-order valence-electron chi connectivity index (χ3n) is 1.21. The van der Waals surface area contributed by atoms with E-state index in [-0.39, 0.29) is 0 Å². The Kier molecular flexibility index (Phi) is 5.37. The topological polar surface area (TPSA) is 43.4 Å². The Balaban J connectivity index is 4.34. The largest absolute Gasteiger partial charge is 0.463 e. The van der Waals surface area contributed by atoms with Crippen molar-refractivity contribution in [3.05, 3.63) is 11.6 Å². The molecule has 0 fully saturated rings. The Bertz CT molecular complexity index is 208. The summed E-state index contributed by atoms with van der Waals surface area (Å²) in [4.78, 5) is 21.4. The molecule has 0 atom stereocenters. The van der Waals surface area contributed by atoms with E-state index in [1.165, 1.54) is 0 Å². The van der Waals surface area contributed by atoms with Crippen LogP contribution in [-0.2, 0) is 14.3 Å². The lowest BCUT2D eigenvalue weighted by atomic mass is 10.2. The highest BCUT2D eigenvalue weighted by Crippen LogP contribution is 2.04. The van der Waals surface area contributed by atoms with E-state index in [4.69, 9.17) is 11.6 Å². The summed E-state index contributed by atoms with van der Waals surface area (Å²) in [6.07, 6.45) is 1.52. The molecule has 0 aromatic rings. The van der Waals surface area contributed by atoms with E-state index in [1.807, 2.05) is 0 Å². The van der Waals surface area contributed by atoms with Crippen LogP contribution in [0.5, 0.6) is 0 Å². The number of ether oxygens (including phenoxy) is 1. The maximum atomic E-state index is 11.0. The Morgan fingerprint density at radius 2 is 2.00 bits per heavy atom. The fourth-order valence-electron chi connectivity index (χ4n) is 0.666. The van der Waals surface area contributed by atoms with Gasteiger partial charge >= 0.3 is 5.97 Å². The molecule has 0 aromatic carbocycles. The molecule has 0 radical (unpaired) electrons. The van der Waals surface area contributed by atoms with Gasteiger partial charge in [0.1, 0.15) is 0 Å². The van der Waals surface area contributed by atoms with Crippen LogP contribution in [0.2, 0.25) is 0 Å². The molecular weight excluding hydrogens is 180 g/mol. The minimum atomic E-state index is -0.653. The molecule has 0 amide bonds. The molecule has 0 spiro atoms. The predicted octanol–water partition coefficient (Wildman–Crippen LogP) is 1.65. The van der Waals surface area contributed by atoms with Crippen LogP contribution in [-0.4, -0.2) is 17.8 Å². The zero-order chi connectivity index (χ0) is 9.56. The molecule has 0 aliphatic heterocycles. The van der Waals surface area contributed by atoms with Gasteiger partial charge in [-0.15, -0.1) is 0 Å². The number of hydrogen-bond donors (Lipinski definition) is 0. The molecular formula is C8H11ClO3. The summed E-state index contributed by atoms with van der Waals surface area (Å²) in [7, 11) is 0. The van der Waals surface area contributed by atoms with E-state index in [0.29, 0.717) is 18.6 Å². The molecule has 0 bridgehead atoms. The van der Waals surface area contributed by atoms with Crippen molar-refractivity contribution < 1.29 is 14.3 Å². The molecule has 4 heteroatoms. The highest BCUT2D eigenvalue weighted by atomic mass is 35.5. The highest BCUT2D eigenvalue weighted by Gasteiger charge is 2.08. The average Bonchev–Trinajstić information content (AvgIpc) is 2.00. The Hall–Kier alpha value is -0.830. The Labute approximate surface area is 76.3 Å². The lowest BCUT2D eigenvalue weighted by Gasteiger charge is -2.01. The summed E-state index contributed by atoms with van der Waals surface area (Å²) in [6, 6.07) is 0.